The van der Waals surface area contributed by atoms with E-state index in [9.17, 15) is 0 Å². The van der Waals surface area contributed by atoms with Crippen LogP contribution in [0.3, 0.4) is 0 Å². The fourth-order valence-corrected chi connectivity index (χ4v) is 3.00. The topological polar surface area (TPSA) is 81.3 Å². The molecule has 2 aromatic carbocycles. The Morgan fingerprint density at radius 3 is 2.92 bits per heavy atom. The normalized spacial score (nSPS) is 12.7. The molecule has 0 radical (unpaired) electrons. The largest absolute Gasteiger partial charge is 0.497 e. The SMILES string of the molecule is COc1ccc2nc(Nc3ccc4c(c3)OCO4)c3n[nH]cc3c2c1. The van der Waals surface area contributed by atoms with E-state index >= 15 is 0 Å². The molecule has 0 aliphatic carbocycles. The minimum absolute atomic E-state index is 0.248. The van der Waals surface area contributed by atoms with Crippen molar-refractivity contribution in [3.8, 4) is 17.2 Å². The van der Waals surface area contributed by atoms with Crippen LogP contribution in [0.25, 0.3) is 21.8 Å². The number of benzene rings is 2. The number of fused-ring (bicyclic) bond motifs is 4. The van der Waals surface area contributed by atoms with Gasteiger partial charge >= 0.3 is 0 Å². The molecule has 0 saturated heterocycles. The van der Waals surface area contributed by atoms with Gasteiger partial charge in [0, 0.05) is 28.7 Å². The van der Waals surface area contributed by atoms with Crippen LogP contribution in [0.1, 0.15) is 0 Å². The smallest absolute Gasteiger partial charge is 0.231 e. The van der Waals surface area contributed by atoms with Gasteiger partial charge in [-0.15, -0.1) is 0 Å². The second-order valence-electron chi connectivity index (χ2n) is 5.68. The van der Waals surface area contributed by atoms with Crippen LogP contribution in [-0.2, 0) is 0 Å². The van der Waals surface area contributed by atoms with Crippen LogP contribution in [-0.4, -0.2) is 29.1 Å². The number of aromatic amines is 1. The number of rotatable bonds is 3. The third-order valence-corrected chi connectivity index (χ3v) is 4.23. The number of pyridine rings is 1. The summed E-state index contributed by atoms with van der Waals surface area (Å²) in [6.45, 7) is 0.248. The maximum atomic E-state index is 5.43. The molecule has 0 spiro atoms. The van der Waals surface area contributed by atoms with Crippen molar-refractivity contribution in [3.63, 3.8) is 0 Å². The fourth-order valence-electron chi connectivity index (χ4n) is 3.00. The zero-order valence-electron chi connectivity index (χ0n) is 13.4. The Balaban J connectivity index is 1.64. The van der Waals surface area contributed by atoms with Crippen molar-refractivity contribution in [3.05, 3.63) is 42.6 Å². The molecule has 0 saturated carbocycles. The van der Waals surface area contributed by atoms with E-state index in [1.54, 1.807) is 7.11 Å². The second kappa shape index (κ2) is 5.27. The summed E-state index contributed by atoms with van der Waals surface area (Å²) in [5.74, 6) is 2.92. The summed E-state index contributed by atoms with van der Waals surface area (Å²) in [5.41, 5.74) is 2.48. The Labute approximate surface area is 142 Å². The van der Waals surface area contributed by atoms with E-state index in [4.69, 9.17) is 19.2 Å². The molecule has 0 amide bonds. The van der Waals surface area contributed by atoms with Crippen LogP contribution in [0.15, 0.2) is 42.6 Å². The number of nitrogens with zero attached hydrogens (tertiary/aromatic N) is 2. The van der Waals surface area contributed by atoms with Gasteiger partial charge < -0.3 is 19.5 Å². The van der Waals surface area contributed by atoms with Gasteiger partial charge in [0.2, 0.25) is 6.79 Å². The first-order chi connectivity index (χ1) is 12.3. The zero-order valence-corrected chi connectivity index (χ0v) is 13.4. The highest BCUT2D eigenvalue weighted by Crippen LogP contribution is 2.36. The van der Waals surface area contributed by atoms with E-state index in [1.807, 2.05) is 42.6 Å². The van der Waals surface area contributed by atoms with Gasteiger partial charge in [-0.25, -0.2) is 4.98 Å². The Bertz CT molecular complexity index is 1110. The van der Waals surface area contributed by atoms with Gasteiger partial charge in [0.1, 0.15) is 11.3 Å². The molecule has 124 valence electrons. The molecule has 7 heteroatoms. The molecule has 3 heterocycles. The predicted octanol–water partition coefficient (Wildman–Crippen LogP) is 3.59. The average Bonchev–Trinajstić information content (AvgIpc) is 3.30. The quantitative estimate of drug-likeness (QED) is 0.596. The highest BCUT2D eigenvalue weighted by molar-refractivity contribution is 6.09. The van der Waals surface area contributed by atoms with Gasteiger partial charge in [0.15, 0.2) is 17.3 Å². The molecule has 4 aromatic rings. The lowest BCUT2D eigenvalue weighted by molar-refractivity contribution is 0.174. The molecule has 2 N–H and O–H groups in total. The van der Waals surface area contributed by atoms with Crippen molar-refractivity contribution < 1.29 is 14.2 Å². The monoisotopic (exact) mass is 334 g/mol. The van der Waals surface area contributed by atoms with Crippen LogP contribution in [0, 0.1) is 0 Å². The fraction of sp³-hybridized carbons (Fsp3) is 0.111. The Hall–Kier alpha value is -3.48. The molecule has 0 bridgehead atoms. The van der Waals surface area contributed by atoms with Gasteiger partial charge in [-0.1, -0.05) is 0 Å². The van der Waals surface area contributed by atoms with Gasteiger partial charge in [-0.2, -0.15) is 5.10 Å². The summed E-state index contributed by atoms with van der Waals surface area (Å²) in [5, 5.41) is 12.6. The van der Waals surface area contributed by atoms with Crippen molar-refractivity contribution in [1.82, 2.24) is 15.2 Å². The molecule has 0 unspecified atom stereocenters. The van der Waals surface area contributed by atoms with E-state index < -0.39 is 0 Å². The number of H-pyrrole nitrogens is 1. The lowest BCUT2D eigenvalue weighted by Gasteiger charge is -2.10. The van der Waals surface area contributed by atoms with Crippen molar-refractivity contribution in [1.29, 1.82) is 0 Å². The number of anilines is 2. The average molecular weight is 334 g/mol. The van der Waals surface area contributed by atoms with E-state index in [1.165, 1.54) is 0 Å². The third-order valence-electron chi connectivity index (χ3n) is 4.23. The highest BCUT2D eigenvalue weighted by atomic mass is 16.7. The molecule has 2 aromatic heterocycles. The number of hydrogen-bond donors (Lipinski definition) is 2. The summed E-state index contributed by atoms with van der Waals surface area (Å²) in [7, 11) is 1.65. The summed E-state index contributed by atoms with van der Waals surface area (Å²) in [6.07, 6.45) is 1.86. The molecule has 25 heavy (non-hydrogen) atoms. The van der Waals surface area contributed by atoms with Crippen molar-refractivity contribution in [2.45, 2.75) is 0 Å². The Morgan fingerprint density at radius 2 is 2.00 bits per heavy atom. The van der Waals surface area contributed by atoms with Gasteiger partial charge in [0.25, 0.3) is 0 Å². The van der Waals surface area contributed by atoms with Crippen molar-refractivity contribution in [2.24, 2.45) is 0 Å². The van der Waals surface area contributed by atoms with Crippen molar-refractivity contribution in [2.75, 3.05) is 19.2 Å². The molecule has 7 nitrogen and oxygen atoms in total. The summed E-state index contributed by atoms with van der Waals surface area (Å²) in [4.78, 5) is 4.72. The third kappa shape index (κ3) is 2.20. The molecule has 0 atom stereocenters. The maximum absolute atomic E-state index is 5.43. The minimum Gasteiger partial charge on any atom is -0.497 e. The van der Waals surface area contributed by atoms with Crippen LogP contribution in [0.4, 0.5) is 11.5 Å². The maximum Gasteiger partial charge on any atom is 0.231 e. The predicted molar refractivity (Wildman–Crippen MR) is 93.8 cm³/mol. The lowest BCUT2D eigenvalue weighted by atomic mass is 10.1. The summed E-state index contributed by atoms with van der Waals surface area (Å²) in [6, 6.07) is 11.5. The number of methoxy groups -OCH3 is 1. The number of ether oxygens (including phenoxy) is 3. The number of aromatic nitrogens is 3. The van der Waals surface area contributed by atoms with Gasteiger partial charge in [-0.3, -0.25) is 5.10 Å². The molecule has 0 fully saturated rings. The molecule has 1 aliphatic heterocycles. The first-order valence-electron chi connectivity index (χ1n) is 7.80. The summed E-state index contributed by atoms with van der Waals surface area (Å²) >= 11 is 0. The van der Waals surface area contributed by atoms with Crippen LogP contribution in [0.5, 0.6) is 17.2 Å². The Kier molecular flexibility index (Phi) is 2.93. The van der Waals surface area contributed by atoms with E-state index in [2.05, 4.69) is 15.5 Å². The number of hydrogen-bond acceptors (Lipinski definition) is 6. The molecule has 1 aliphatic rings. The van der Waals surface area contributed by atoms with Gasteiger partial charge in [-0.05, 0) is 30.3 Å². The number of nitrogens with one attached hydrogen (secondary N) is 2. The first-order valence-corrected chi connectivity index (χ1v) is 7.80. The summed E-state index contributed by atoms with van der Waals surface area (Å²) < 4.78 is 16.1. The van der Waals surface area contributed by atoms with Crippen molar-refractivity contribution >= 4 is 33.3 Å². The van der Waals surface area contributed by atoms with E-state index in [-0.39, 0.29) is 6.79 Å². The molecular weight excluding hydrogens is 320 g/mol. The van der Waals surface area contributed by atoms with Crippen LogP contribution in [0.2, 0.25) is 0 Å². The van der Waals surface area contributed by atoms with Crippen LogP contribution >= 0.6 is 0 Å². The standard InChI is InChI=1S/C18H14N4O3/c1-23-11-3-4-14-12(7-11)13-8-19-22-17(13)18(21-14)20-10-2-5-15-16(6-10)25-9-24-15/h2-8H,9H2,1H3,(H,19,22)(H,20,21). The highest BCUT2D eigenvalue weighted by Gasteiger charge is 2.15. The first kappa shape index (κ1) is 13.9. The van der Waals surface area contributed by atoms with Gasteiger partial charge in [0.05, 0.1) is 12.6 Å². The molecular formula is C18H14N4O3. The second-order valence-corrected chi connectivity index (χ2v) is 5.68. The van der Waals surface area contributed by atoms with E-state index in [0.717, 1.165) is 39.0 Å². The zero-order chi connectivity index (χ0) is 16.8. The Morgan fingerprint density at radius 1 is 1.08 bits per heavy atom. The lowest BCUT2D eigenvalue weighted by Crippen LogP contribution is -1.96. The van der Waals surface area contributed by atoms with E-state index in [0.29, 0.717) is 11.6 Å². The van der Waals surface area contributed by atoms with Crippen LogP contribution < -0.4 is 19.5 Å². The minimum atomic E-state index is 0.248. The molecule has 5 rings (SSSR count).